The highest BCUT2D eigenvalue weighted by molar-refractivity contribution is 7.16. The van der Waals surface area contributed by atoms with Gasteiger partial charge in [-0.1, -0.05) is 17.7 Å². The maximum atomic E-state index is 11.0. The average molecular weight is 297 g/mol. The van der Waals surface area contributed by atoms with Crippen LogP contribution in [0.15, 0.2) is 30.3 Å². The molecule has 19 heavy (non-hydrogen) atoms. The molecular formula is C13H13ClN2O2S. The molecule has 2 rings (SSSR count). The minimum atomic E-state index is -1.02. The lowest BCUT2D eigenvalue weighted by atomic mass is 10.1. The van der Waals surface area contributed by atoms with Crippen molar-refractivity contribution < 1.29 is 9.90 Å². The number of carboxylic acid groups (broad SMARTS) is 1. The predicted molar refractivity (Wildman–Crippen MR) is 79.3 cm³/mol. The van der Waals surface area contributed by atoms with Crippen LogP contribution in [0.3, 0.4) is 0 Å². The van der Waals surface area contributed by atoms with Crippen LogP contribution in [-0.2, 0) is 6.42 Å². The smallest absolute Gasteiger partial charge is 0.337 e. The summed E-state index contributed by atoms with van der Waals surface area (Å²) in [5, 5.41) is 12.1. The predicted octanol–water partition coefficient (Wildman–Crippen LogP) is 3.34. The number of carbonyl (C=O) groups is 1. The van der Waals surface area contributed by atoms with Gasteiger partial charge in [0, 0.05) is 11.4 Å². The summed E-state index contributed by atoms with van der Waals surface area (Å²) in [6, 6.07) is 8.77. The number of benzene rings is 1. The van der Waals surface area contributed by atoms with Crippen LogP contribution in [-0.4, -0.2) is 17.6 Å². The summed E-state index contributed by atoms with van der Waals surface area (Å²) in [5.74, 6) is -1.02. The number of carboxylic acids is 1. The highest BCUT2D eigenvalue weighted by Gasteiger charge is 2.10. The molecule has 6 heteroatoms. The molecule has 0 aliphatic carbocycles. The lowest BCUT2D eigenvalue weighted by molar-refractivity contribution is 0.0698. The molecule has 0 saturated carbocycles. The van der Waals surface area contributed by atoms with E-state index in [1.165, 1.54) is 22.3 Å². The van der Waals surface area contributed by atoms with Crippen LogP contribution in [0.25, 0.3) is 0 Å². The number of hydrogen-bond acceptors (Lipinski definition) is 4. The third kappa shape index (κ3) is 3.39. The van der Waals surface area contributed by atoms with Gasteiger partial charge in [0.15, 0.2) is 0 Å². The number of rotatable bonds is 5. The molecule has 0 radical (unpaired) electrons. The Balaban J connectivity index is 2.00. The Labute approximate surface area is 119 Å². The summed E-state index contributed by atoms with van der Waals surface area (Å²) in [6.07, 6.45) is 0.814. The van der Waals surface area contributed by atoms with E-state index in [4.69, 9.17) is 22.4 Å². The number of hydrogen-bond donors (Lipinski definition) is 3. The molecule has 0 aliphatic heterocycles. The quantitative estimate of drug-likeness (QED) is 0.740. The molecule has 0 fully saturated rings. The van der Waals surface area contributed by atoms with Crippen LogP contribution in [0.5, 0.6) is 0 Å². The number of para-hydroxylation sites is 1. The summed E-state index contributed by atoms with van der Waals surface area (Å²) in [7, 11) is 0. The Bertz CT molecular complexity index is 598. The van der Waals surface area contributed by atoms with Gasteiger partial charge in [-0.15, -0.1) is 11.3 Å². The normalized spacial score (nSPS) is 10.4. The van der Waals surface area contributed by atoms with Gasteiger partial charge >= 0.3 is 5.97 Å². The number of nitrogens with two attached hydrogens (primary N) is 1. The first-order chi connectivity index (χ1) is 9.08. The summed E-state index contributed by atoms with van der Waals surface area (Å²) in [5.41, 5.74) is 6.83. The van der Waals surface area contributed by atoms with Gasteiger partial charge in [-0.25, -0.2) is 4.79 Å². The molecular weight excluding hydrogens is 284 g/mol. The molecule has 0 amide bonds. The van der Waals surface area contributed by atoms with E-state index in [1.807, 2.05) is 12.1 Å². The molecule has 0 bridgehead atoms. The van der Waals surface area contributed by atoms with E-state index in [9.17, 15) is 4.79 Å². The van der Waals surface area contributed by atoms with Gasteiger partial charge in [0.2, 0.25) is 0 Å². The molecule has 0 unspecified atom stereocenters. The summed E-state index contributed by atoms with van der Waals surface area (Å²) < 4.78 is 0.766. The number of halogens is 1. The Morgan fingerprint density at radius 3 is 2.79 bits per heavy atom. The molecule has 1 aromatic carbocycles. The molecule has 4 nitrogen and oxygen atoms in total. The maximum absolute atomic E-state index is 11.0. The van der Waals surface area contributed by atoms with E-state index < -0.39 is 5.97 Å². The average Bonchev–Trinajstić information content (AvgIpc) is 2.77. The second kappa shape index (κ2) is 5.95. The van der Waals surface area contributed by atoms with E-state index >= 15 is 0 Å². The molecule has 0 saturated heterocycles. The van der Waals surface area contributed by atoms with Crippen LogP contribution in [0.1, 0.15) is 15.2 Å². The van der Waals surface area contributed by atoms with Gasteiger partial charge in [0.25, 0.3) is 0 Å². The number of anilines is 2. The first-order valence-corrected chi connectivity index (χ1v) is 6.87. The topological polar surface area (TPSA) is 75.3 Å². The molecule has 4 N–H and O–H groups in total. The van der Waals surface area contributed by atoms with Crippen LogP contribution in [0.2, 0.25) is 4.34 Å². The fourth-order valence-corrected chi connectivity index (χ4v) is 2.80. The Kier molecular flexibility index (Phi) is 4.29. The van der Waals surface area contributed by atoms with E-state index in [0.29, 0.717) is 12.2 Å². The molecule has 100 valence electrons. The maximum Gasteiger partial charge on any atom is 0.337 e. The molecule has 1 aromatic heterocycles. The fourth-order valence-electron chi connectivity index (χ4n) is 1.71. The van der Waals surface area contributed by atoms with Crippen molar-refractivity contribution in [1.29, 1.82) is 0 Å². The lowest BCUT2D eigenvalue weighted by Crippen LogP contribution is -2.09. The van der Waals surface area contributed by atoms with Crippen molar-refractivity contribution in [2.75, 3.05) is 17.6 Å². The lowest BCUT2D eigenvalue weighted by Gasteiger charge is -2.10. The van der Waals surface area contributed by atoms with E-state index in [0.717, 1.165) is 10.8 Å². The summed E-state index contributed by atoms with van der Waals surface area (Å²) >= 11 is 7.39. The number of thiophene rings is 1. The molecule has 0 aliphatic rings. The van der Waals surface area contributed by atoms with E-state index in [1.54, 1.807) is 12.1 Å². The van der Waals surface area contributed by atoms with Crippen LogP contribution >= 0.6 is 22.9 Å². The number of aromatic carboxylic acids is 1. The third-order valence-corrected chi connectivity index (χ3v) is 3.94. The zero-order chi connectivity index (χ0) is 13.8. The third-order valence-electron chi connectivity index (χ3n) is 2.65. The van der Waals surface area contributed by atoms with E-state index in [2.05, 4.69) is 5.32 Å². The van der Waals surface area contributed by atoms with Crippen molar-refractivity contribution in [3.8, 4) is 0 Å². The number of nitrogens with one attached hydrogen (secondary N) is 1. The monoisotopic (exact) mass is 296 g/mol. The van der Waals surface area contributed by atoms with Crippen molar-refractivity contribution in [1.82, 2.24) is 0 Å². The molecule has 0 spiro atoms. The highest BCUT2D eigenvalue weighted by atomic mass is 35.5. The second-order valence-electron chi connectivity index (χ2n) is 3.95. The number of nitrogen functional groups attached to an aromatic ring is 1. The SMILES string of the molecule is Nc1c(NCCc2ccc(Cl)s2)cccc1C(=O)O. The van der Waals surface area contributed by atoms with Gasteiger partial charge in [-0.2, -0.15) is 0 Å². The largest absolute Gasteiger partial charge is 0.478 e. The van der Waals surface area contributed by atoms with Crippen molar-refractivity contribution in [3.63, 3.8) is 0 Å². The fraction of sp³-hybridized carbons (Fsp3) is 0.154. The van der Waals surface area contributed by atoms with Crippen molar-refractivity contribution >= 4 is 40.3 Å². The minimum absolute atomic E-state index is 0.115. The Hall–Kier alpha value is -1.72. The van der Waals surface area contributed by atoms with Crippen LogP contribution in [0.4, 0.5) is 11.4 Å². The van der Waals surface area contributed by atoms with Crippen molar-refractivity contribution in [3.05, 3.63) is 45.1 Å². The standard InChI is InChI=1S/C13H13ClN2O2S/c14-11-5-4-8(19-11)6-7-16-10-3-1-2-9(12(10)15)13(17)18/h1-5,16H,6-7,15H2,(H,17,18). The summed E-state index contributed by atoms with van der Waals surface area (Å²) in [6.45, 7) is 0.671. The van der Waals surface area contributed by atoms with Crippen molar-refractivity contribution in [2.24, 2.45) is 0 Å². The summed E-state index contributed by atoms with van der Waals surface area (Å²) in [4.78, 5) is 12.1. The van der Waals surface area contributed by atoms with Crippen molar-refractivity contribution in [2.45, 2.75) is 6.42 Å². The molecule has 0 atom stereocenters. The first-order valence-electron chi connectivity index (χ1n) is 5.68. The van der Waals surface area contributed by atoms with Gasteiger partial charge in [-0.05, 0) is 30.7 Å². The Morgan fingerprint density at radius 1 is 1.37 bits per heavy atom. The molecule has 1 heterocycles. The zero-order valence-electron chi connectivity index (χ0n) is 10.0. The van der Waals surface area contributed by atoms with Crippen LogP contribution in [0, 0.1) is 0 Å². The minimum Gasteiger partial charge on any atom is -0.478 e. The zero-order valence-corrected chi connectivity index (χ0v) is 11.6. The van der Waals surface area contributed by atoms with Gasteiger partial charge in [-0.3, -0.25) is 0 Å². The van der Waals surface area contributed by atoms with Crippen LogP contribution < -0.4 is 11.1 Å². The Morgan fingerprint density at radius 2 is 2.16 bits per heavy atom. The highest BCUT2D eigenvalue weighted by Crippen LogP contribution is 2.24. The van der Waals surface area contributed by atoms with E-state index in [-0.39, 0.29) is 11.3 Å². The second-order valence-corrected chi connectivity index (χ2v) is 5.75. The first kappa shape index (κ1) is 13.7. The molecule has 2 aromatic rings. The van der Waals surface area contributed by atoms with Gasteiger partial charge in [0.05, 0.1) is 21.3 Å². The van der Waals surface area contributed by atoms with Gasteiger partial charge in [0.1, 0.15) is 0 Å². The van der Waals surface area contributed by atoms with Gasteiger partial charge < -0.3 is 16.2 Å².